The maximum absolute atomic E-state index is 12.1. The Morgan fingerprint density at radius 3 is 2.29 bits per heavy atom. The van der Waals surface area contributed by atoms with Gasteiger partial charge in [-0.05, 0) is 31.2 Å². The van der Waals surface area contributed by atoms with Crippen molar-refractivity contribution in [1.82, 2.24) is 0 Å². The average molecular weight is 464 g/mol. The lowest BCUT2D eigenvalue weighted by molar-refractivity contribution is -0.384. The number of nitro groups is 1. The molecule has 0 aromatic heterocycles. The third kappa shape index (κ3) is 6.27. The zero-order valence-corrected chi connectivity index (χ0v) is 17.4. The number of non-ortho nitro benzene ring substituents is 1. The fraction of sp³-hybridized carbons (Fsp3) is 0.176. The predicted octanol–water partition coefficient (Wildman–Crippen LogP) is 5.22. The highest BCUT2D eigenvalue weighted by molar-refractivity contribution is 8.00. The molecule has 0 fully saturated rings. The van der Waals surface area contributed by atoms with E-state index in [-0.39, 0.29) is 21.4 Å². The molecule has 1 unspecified atom stereocenters. The van der Waals surface area contributed by atoms with Crippen molar-refractivity contribution in [1.29, 1.82) is 0 Å². The van der Waals surface area contributed by atoms with Crippen LogP contribution >= 0.6 is 46.6 Å². The van der Waals surface area contributed by atoms with Gasteiger partial charge in [-0.2, -0.15) is 0 Å². The highest BCUT2D eigenvalue weighted by Crippen LogP contribution is 2.33. The summed E-state index contributed by atoms with van der Waals surface area (Å²) in [5.74, 6) is -1.24. The molecule has 0 aliphatic carbocycles. The molecule has 2 aromatic carbocycles. The minimum Gasteiger partial charge on any atom is -0.455 e. The van der Waals surface area contributed by atoms with Crippen molar-refractivity contribution in [2.75, 3.05) is 11.9 Å². The predicted molar refractivity (Wildman–Crippen MR) is 109 cm³/mol. The van der Waals surface area contributed by atoms with E-state index in [1.54, 1.807) is 6.92 Å². The maximum Gasteiger partial charge on any atom is 0.319 e. The number of carbonyl (C=O) groups excluding carboxylic acids is 2. The monoisotopic (exact) mass is 462 g/mol. The van der Waals surface area contributed by atoms with Crippen molar-refractivity contribution in [3.8, 4) is 0 Å². The van der Waals surface area contributed by atoms with Crippen LogP contribution < -0.4 is 5.32 Å². The first-order chi connectivity index (χ1) is 13.2. The van der Waals surface area contributed by atoms with E-state index in [0.717, 1.165) is 11.8 Å². The van der Waals surface area contributed by atoms with Crippen LogP contribution in [0, 0.1) is 10.1 Å². The molecule has 0 bridgehead atoms. The summed E-state index contributed by atoms with van der Waals surface area (Å²) in [6.45, 7) is 1.07. The van der Waals surface area contributed by atoms with Crippen LogP contribution in [0.2, 0.25) is 15.1 Å². The van der Waals surface area contributed by atoms with Crippen molar-refractivity contribution < 1.29 is 19.2 Å². The molecule has 11 heteroatoms. The van der Waals surface area contributed by atoms with E-state index in [4.69, 9.17) is 39.5 Å². The summed E-state index contributed by atoms with van der Waals surface area (Å²) in [6.07, 6.45) is 0. The van der Waals surface area contributed by atoms with Crippen molar-refractivity contribution in [2.24, 2.45) is 0 Å². The number of rotatable bonds is 7. The fourth-order valence-electron chi connectivity index (χ4n) is 1.99. The number of amides is 1. The molecule has 2 rings (SSSR count). The van der Waals surface area contributed by atoms with E-state index in [1.165, 1.54) is 36.4 Å². The molecule has 28 heavy (non-hydrogen) atoms. The molecule has 0 spiro atoms. The Labute approximate surface area is 179 Å². The Bertz CT molecular complexity index is 885. The van der Waals surface area contributed by atoms with E-state index >= 15 is 0 Å². The highest BCUT2D eigenvalue weighted by Gasteiger charge is 2.19. The number of thioether (sulfide) groups is 1. The van der Waals surface area contributed by atoms with Crippen LogP contribution in [0.3, 0.4) is 0 Å². The van der Waals surface area contributed by atoms with Crippen LogP contribution in [0.1, 0.15) is 6.92 Å². The quantitative estimate of drug-likeness (QED) is 0.262. The van der Waals surface area contributed by atoms with Gasteiger partial charge in [-0.3, -0.25) is 19.7 Å². The second kappa shape index (κ2) is 9.97. The van der Waals surface area contributed by atoms with E-state index in [1.807, 2.05) is 0 Å². The molecule has 0 saturated heterocycles. The molecule has 1 amide bonds. The van der Waals surface area contributed by atoms with Gasteiger partial charge in [0.2, 0.25) is 0 Å². The van der Waals surface area contributed by atoms with Crippen molar-refractivity contribution in [3.63, 3.8) is 0 Å². The molecule has 0 radical (unpaired) electrons. The Hall–Kier alpha value is -2.00. The SMILES string of the molecule is CC(Sc1ccc([N+](=O)[O-])cc1)C(=O)OCC(=O)Nc1c(Cl)cc(Cl)cc1Cl. The number of ether oxygens (including phenoxy) is 1. The fourth-order valence-corrected chi connectivity index (χ4v) is 3.77. The second-order valence-corrected chi connectivity index (χ2v) is 8.08. The van der Waals surface area contributed by atoms with Crippen LogP contribution in [0.5, 0.6) is 0 Å². The van der Waals surface area contributed by atoms with Gasteiger partial charge in [0.05, 0.1) is 20.7 Å². The molecule has 1 atom stereocenters. The molecule has 0 saturated carbocycles. The summed E-state index contributed by atoms with van der Waals surface area (Å²) in [5.41, 5.74) is 0.123. The van der Waals surface area contributed by atoms with Gasteiger partial charge in [0.15, 0.2) is 6.61 Å². The molecule has 2 aromatic rings. The summed E-state index contributed by atoms with van der Waals surface area (Å²) in [5, 5.41) is 13.1. The van der Waals surface area contributed by atoms with Gasteiger partial charge in [-0.25, -0.2) is 0 Å². The van der Waals surface area contributed by atoms with Crippen LogP contribution in [-0.2, 0) is 14.3 Å². The van der Waals surface area contributed by atoms with Gasteiger partial charge in [-0.15, -0.1) is 11.8 Å². The van der Waals surface area contributed by atoms with Gasteiger partial charge >= 0.3 is 5.97 Å². The largest absolute Gasteiger partial charge is 0.455 e. The number of anilines is 1. The minimum absolute atomic E-state index is 0.0456. The number of hydrogen-bond donors (Lipinski definition) is 1. The molecule has 0 heterocycles. The van der Waals surface area contributed by atoms with Gasteiger partial charge in [-0.1, -0.05) is 34.8 Å². The summed E-state index contributed by atoms with van der Waals surface area (Å²) < 4.78 is 4.98. The molecule has 0 aliphatic heterocycles. The van der Waals surface area contributed by atoms with Crippen LogP contribution in [-0.4, -0.2) is 28.7 Å². The minimum atomic E-state index is -0.628. The van der Waals surface area contributed by atoms with Crippen LogP contribution in [0.25, 0.3) is 0 Å². The molecular weight excluding hydrogens is 451 g/mol. The third-order valence-electron chi connectivity index (χ3n) is 3.31. The Morgan fingerprint density at radius 1 is 1.18 bits per heavy atom. The number of esters is 1. The van der Waals surface area contributed by atoms with Crippen LogP contribution in [0.4, 0.5) is 11.4 Å². The van der Waals surface area contributed by atoms with E-state index in [0.29, 0.717) is 9.92 Å². The van der Waals surface area contributed by atoms with Crippen molar-refractivity contribution in [2.45, 2.75) is 17.1 Å². The molecule has 7 nitrogen and oxygen atoms in total. The first-order valence-corrected chi connectivity index (χ1v) is 9.71. The maximum atomic E-state index is 12.1. The molecule has 1 N–H and O–H groups in total. The summed E-state index contributed by atoms with van der Waals surface area (Å²) in [6, 6.07) is 8.58. The van der Waals surface area contributed by atoms with Gasteiger partial charge in [0, 0.05) is 22.1 Å². The molecular formula is C17H13Cl3N2O5S. The second-order valence-electron chi connectivity index (χ2n) is 5.41. The van der Waals surface area contributed by atoms with Crippen molar-refractivity contribution in [3.05, 3.63) is 61.6 Å². The molecule has 0 aliphatic rings. The van der Waals surface area contributed by atoms with Crippen molar-refractivity contribution >= 4 is 69.8 Å². The number of nitrogens with one attached hydrogen (secondary N) is 1. The summed E-state index contributed by atoms with van der Waals surface area (Å²) in [4.78, 5) is 34.8. The lowest BCUT2D eigenvalue weighted by Gasteiger charge is -2.12. The Kier molecular flexibility index (Phi) is 7.94. The number of halogens is 3. The van der Waals surface area contributed by atoms with Crippen LogP contribution in [0.15, 0.2) is 41.3 Å². The number of carbonyl (C=O) groups is 2. The van der Waals surface area contributed by atoms with Gasteiger partial charge < -0.3 is 10.1 Å². The van der Waals surface area contributed by atoms with E-state index in [9.17, 15) is 19.7 Å². The Morgan fingerprint density at radius 2 is 1.75 bits per heavy atom. The first-order valence-electron chi connectivity index (χ1n) is 7.69. The topological polar surface area (TPSA) is 98.5 Å². The number of benzene rings is 2. The van der Waals surface area contributed by atoms with E-state index < -0.39 is 28.7 Å². The lowest BCUT2D eigenvalue weighted by atomic mass is 10.3. The van der Waals surface area contributed by atoms with E-state index in [2.05, 4.69) is 5.32 Å². The standard InChI is InChI=1S/C17H13Cl3N2O5S/c1-9(28-12-4-2-11(3-5-12)22(25)26)17(24)27-8-15(23)21-16-13(19)6-10(18)7-14(16)20/h2-7,9H,8H2,1H3,(H,21,23). The zero-order valence-electron chi connectivity index (χ0n) is 14.3. The number of nitrogens with zero attached hydrogens (tertiary/aromatic N) is 1. The Balaban J connectivity index is 1.87. The number of hydrogen-bond acceptors (Lipinski definition) is 6. The molecule has 148 valence electrons. The summed E-state index contributed by atoms with van der Waals surface area (Å²) >= 11 is 18.9. The highest BCUT2D eigenvalue weighted by atomic mass is 35.5. The normalized spacial score (nSPS) is 11.6. The zero-order chi connectivity index (χ0) is 20.8. The van der Waals surface area contributed by atoms with Gasteiger partial charge in [0.25, 0.3) is 11.6 Å². The lowest BCUT2D eigenvalue weighted by Crippen LogP contribution is -2.25. The first kappa shape index (κ1) is 22.3. The number of nitro benzene ring substituents is 1. The van der Waals surface area contributed by atoms with Gasteiger partial charge in [0.1, 0.15) is 5.25 Å². The average Bonchev–Trinajstić information content (AvgIpc) is 2.63. The smallest absolute Gasteiger partial charge is 0.319 e. The summed E-state index contributed by atoms with van der Waals surface area (Å²) in [7, 11) is 0. The third-order valence-corrected chi connectivity index (χ3v) is 5.21.